The van der Waals surface area contributed by atoms with Gasteiger partial charge in [-0.25, -0.2) is 0 Å². The normalized spacial score (nSPS) is 15.9. The molecule has 0 saturated carbocycles. The number of hydrogen-bond donors (Lipinski definition) is 1. The van der Waals surface area contributed by atoms with Crippen LogP contribution in [0, 0.1) is 0 Å². The molecule has 4 rings (SSSR count). The zero-order valence-electron chi connectivity index (χ0n) is 17.2. The highest BCUT2D eigenvalue weighted by Gasteiger charge is 2.35. The van der Waals surface area contributed by atoms with Gasteiger partial charge in [0.25, 0.3) is 11.8 Å². The highest BCUT2D eigenvalue weighted by atomic mass is 32.2. The van der Waals surface area contributed by atoms with E-state index in [1.807, 2.05) is 36.4 Å². The standard InChI is InChI=1S/C25H19N3O3S/c1-17(29)26-20-14-12-18(13-15-20)16-22-24(31)28(21-10-6-3-7-11-21)25(32-22)27-23(30)19-8-4-2-5-9-19/h2-16H,1H3,(H,26,29). The second kappa shape index (κ2) is 9.45. The molecule has 1 fully saturated rings. The number of aliphatic imine (C=N–C) groups is 1. The lowest BCUT2D eigenvalue weighted by atomic mass is 10.2. The van der Waals surface area contributed by atoms with Crippen LogP contribution < -0.4 is 10.2 Å². The number of nitrogens with one attached hydrogen (secondary N) is 1. The van der Waals surface area contributed by atoms with Gasteiger partial charge in [0.15, 0.2) is 5.17 Å². The molecule has 0 spiro atoms. The topological polar surface area (TPSA) is 78.8 Å². The second-order valence-corrected chi connectivity index (χ2v) is 7.96. The molecule has 1 heterocycles. The summed E-state index contributed by atoms with van der Waals surface area (Å²) in [4.78, 5) is 43.3. The number of benzene rings is 3. The Balaban J connectivity index is 1.68. The molecule has 1 aliphatic heterocycles. The molecule has 1 saturated heterocycles. The average molecular weight is 442 g/mol. The predicted octanol–water partition coefficient (Wildman–Crippen LogP) is 4.96. The van der Waals surface area contributed by atoms with E-state index in [1.165, 1.54) is 11.8 Å². The molecule has 3 aromatic rings. The Bertz CT molecular complexity index is 1220. The summed E-state index contributed by atoms with van der Waals surface area (Å²) in [6.45, 7) is 1.44. The first-order valence-corrected chi connectivity index (χ1v) is 10.7. The van der Waals surface area contributed by atoms with Gasteiger partial charge in [-0.15, -0.1) is 0 Å². The molecule has 7 heteroatoms. The lowest BCUT2D eigenvalue weighted by Crippen LogP contribution is -2.29. The van der Waals surface area contributed by atoms with Gasteiger partial charge in [-0.3, -0.25) is 19.3 Å². The van der Waals surface area contributed by atoms with E-state index < -0.39 is 5.91 Å². The number of nitrogens with zero attached hydrogens (tertiary/aromatic N) is 2. The zero-order chi connectivity index (χ0) is 22.5. The van der Waals surface area contributed by atoms with Gasteiger partial charge in [0.2, 0.25) is 5.91 Å². The van der Waals surface area contributed by atoms with E-state index in [0.717, 1.165) is 17.3 Å². The summed E-state index contributed by atoms with van der Waals surface area (Å²) in [7, 11) is 0. The summed E-state index contributed by atoms with van der Waals surface area (Å²) in [6.07, 6.45) is 1.75. The number of amides is 3. The summed E-state index contributed by atoms with van der Waals surface area (Å²) in [6, 6.07) is 25.0. The minimum Gasteiger partial charge on any atom is -0.326 e. The van der Waals surface area contributed by atoms with Crippen LogP contribution in [-0.2, 0) is 9.59 Å². The molecule has 0 bridgehead atoms. The number of carbonyl (C=O) groups is 3. The maximum absolute atomic E-state index is 13.2. The van der Waals surface area contributed by atoms with Crippen molar-refractivity contribution in [2.45, 2.75) is 6.92 Å². The smallest absolute Gasteiger partial charge is 0.279 e. The number of thioether (sulfide) groups is 1. The van der Waals surface area contributed by atoms with Crippen LogP contribution in [0.15, 0.2) is 94.8 Å². The lowest BCUT2D eigenvalue weighted by Gasteiger charge is -2.15. The van der Waals surface area contributed by atoms with Gasteiger partial charge in [0.05, 0.1) is 10.6 Å². The van der Waals surface area contributed by atoms with Crippen molar-refractivity contribution in [1.29, 1.82) is 0 Å². The van der Waals surface area contributed by atoms with E-state index in [2.05, 4.69) is 10.3 Å². The Labute approximate surface area is 189 Å². The fraction of sp³-hybridized carbons (Fsp3) is 0.0400. The van der Waals surface area contributed by atoms with Crippen molar-refractivity contribution in [2.75, 3.05) is 10.2 Å². The molecule has 0 radical (unpaired) electrons. The zero-order valence-corrected chi connectivity index (χ0v) is 18.0. The third kappa shape index (κ3) is 4.84. The molecule has 3 amide bonds. The van der Waals surface area contributed by atoms with Gasteiger partial charge >= 0.3 is 0 Å². The molecule has 1 aliphatic rings. The number of amidine groups is 1. The average Bonchev–Trinajstić information content (AvgIpc) is 3.10. The largest absolute Gasteiger partial charge is 0.326 e. The minimum atomic E-state index is -0.414. The van der Waals surface area contributed by atoms with Crippen molar-refractivity contribution in [1.82, 2.24) is 0 Å². The first-order valence-electron chi connectivity index (χ1n) is 9.86. The molecule has 158 valence electrons. The van der Waals surface area contributed by atoms with Gasteiger partial charge in [-0.1, -0.05) is 48.5 Å². The summed E-state index contributed by atoms with van der Waals surface area (Å²) in [5.74, 6) is -0.824. The Morgan fingerprint density at radius 3 is 2.16 bits per heavy atom. The van der Waals surface area contributed by atoms with Gasteiger partial charge in [-0.2, -0.15) is 4.99 Å². The van der Waals surface area contributed by atoms with E-state index in [4.69, 9.17) is 0 Å². The van der Waals surface area contributed by atoms with Gasteiger partial charge in [-0.05, 0) is 59.8 Å². The SMILES string of the molecule is CC(=O)Nc1ccc(C=C2SC(=NC(=O)c3ccccc3)N(c3ccccc3)C2=O)cc1. The van der Waals surface area contributed by atoms with Crippen molar-refractivity contribution in [3.05, 3.63) is 101 Å². The predicted molar refractivity (Wildman–Crippen MR) is 128 cm³/mol. The molecule has 0 atom stereocenters. The van der Waals surface area contributed by atoms with Gasteiger partial charge < -0.3 is 5.32 Å². The van der Waals surface area contributed by atoms with E-state index in [-0.39, 0.29) is 11.8 Å². The molecule has 0 aromatic heterocycles. The maximum atomic E-state index is 13.2. The fourth-order valence-electron chi connectivity index (χ4n) is 3.10. The molecule has 32 heavy (non-hydrogen) atoms. The molecular weight excluding hydrogens is 422 g/mol. The summed E-state index contributed by atoms with van der Waals surface area (Å²) in [5, 5.41) is 3.01. The first kappa shape index (κ1) is 21.3. The summed E-state index contributed by atoms with van der Waals surface area (Å²) in [5.41, 5.74) is 2.55. The van der Waals surface area contributed by atoms with Crippen LogP contribution in [0.25, 0.3) is 6.08 Å². The highest BCUT2D eigenvalue weighted by molar-refractivity contribution is 8.19. The van der Waals surface area contributed by atoms with E-state index in [0.29, 0.717) is 27.0 Å². The quantitative estimate of drug-likeness (QED) is 0.580. The van der Waals surface area contributed by atoms with Crippen LogP contribution in [0.5, 0.6) is 0 Å². The van der Waals surface area contributed by atoms with Crippen molar-refractivity contribution >= 4 is 52.1 Å². The van der Waals surface area contributed by atoms with E-state index in [1.54, 1.807) is 54.6 Å². The minimum absolute atomic E-state index is 0.153. The maximum Gasteiger partial charge on any atom is 0.279 e. The van der Waals surface area contributed by atoms with Crippen molar-refractivity contribution in [3.63, 3.8) is 0 Å². The first-order chi connectivity index (χ1) is 15.5. The van der Waals surface area contributed by atoms with E-state index in [9.17, 15) is 14.4 Å². The van der Waals surface area contributed by atoms with Crippen LogP contribution in [0.3, 0.4) is 0 Å². The number of rotatable bonds is 4. The van der Waals surface area contributed by atoms with Crippen LogP contribution in [-0.4, -0.2) is 22.9 Å². The third-order valence-electron chi connectivity index (χ3n) is 4.57. The van der Waals surface area contributed by atoms with Crippen molar-refractivity contribution < 1.29 is 14.4 Å². The van der Waals surface area contributed by atoms with Crippen LogP contribution >= 0.6 is 11.8 Å². The molecule has 3 aromatic carbocycles. The van der Waals surface area contributed by atoms with Crippen LogP contribution in [0.4, 0.5) is 11.4 Å². The third-order valence-corrected chi connectivity index (χ3v) is 5.54. The molecular formula is C25H19N3O3S. The highest BCUT2D eigenvalue weighted by Crippen LogP contribution is 2.36. The summed E-state index contributed by atoms with van der Waals surface area (Å²) < 4.78 is 0. The number of hydrogen-bond acceptors (Lipinski definition) is 4. The monoisotopic (exact) mass is 441 g/mol. The Morgan fingerprint density at radius 2 is 1.53 bits per heavy atom. The van der Waals surface area contributed by atoms with Crippen molar-refractivity contribution in [2.24, 2.45) is 4.99 Å². The molecule has 0 unspecified atom stereocenters. The number of para-hydroxylation sites is 1. The number of carbonyl (C=O) groups excluding carboxylic acids is 3. The summed E-state index contributed by atoms with van der Waals surface area (Å²) >= 11 is 1.15. The number of anilines is 2. The van der Waals surface area contributed by atoms with Gasteiger partial charge in [0, 0.05) is 18.2 Å². The second-order valence-electron chi connectivity index (χ2n) is 6.96. The fourth-order valence-corrected chi connectivity index (χ4v) is 4.08. The molecule has 0 aliphatic carbocycles. The van der Waals surface area contributed by atoms with Crippen LogP contribution in [0.1, 0.15) is 22.8 Å². The Hall–Kier alpha value is -3.97. The van der Waals surface area contributed by atoms with E-state index >= 15 is 0 Å². The van der Waals surface area contributed by atoms with Crippen LogP contribution in [0.2, 0.25) is 0 Å². The molecule has 1 N–H and O–H groups in total. The van der Waals surface area contributed by atoms with Crippen molar-refractivity contribution in [3.8, 4) is 0 Å². The van der Waals surface area contributed by atoms with Gasteiger partial charge in [0.1, 0.15) is 0 Å². The molecule has 6 nitrogen and oxygen atoms in total. The lowest BCUT2D eigenvalue weighted by molar-refractivity contribution is -0.114. The Kier molecular flexibility index (Phi) is 6.28. The Morgan fingerprint density at radius 1 is 0.906 bits per heavy atom.